The molecule has 1 N–H and O–H groups in total. The number of hydrogen-bond acceptors (Lipinski definition) is 4. The molecule has 1 aliphatic carbocycles. The summed E-state index contributed by atoms with van der Waals surface area (Å²) in [6, 6.07) is 0.545. The first-order valence-electron chi connectivity index (χ1n) is 7.10. The van der Waals surface area contributed by atoms with Crippen molar-refractivity contribution in [3.8, 4) is 0 Å². The number of imidazole rings is 1. The van der Waals surface area contributed by atoms with Crippen molar-refractivity contribution < 1.29 is 5.11 Å². The highest BCUT2D eigenvalue weighted by Crippen LogP contribution is 2.37. The summed E-state index contributed by atoms with van der Waals surface area (Å²) in [6.07, 6.45) is 6.05. The first-order valence-corrected chi connectivity index (χ1v) is 7.98. The van der Waals surface area contributed by atoms with E-state index in [0.29, 0.717) is 12.5 Å². The van der Waals surface area contributed by atoms with Gasteiger partial charge in [0, 0.05) is 23.3 Å². The van der Waals surface area contributed by atoms with Crippen LogP contribution < -0.4 is 0 Å². The lowest BCUT2D eigenvalue weighted by Gasteiger charge is -2.15. The molecule has 2 aromatic rings. The first-order chi connectivity index (χ1) is 9.45. The Balaban J connectivity index is 1.73. The van der Waals surface area contributed by atoms with Crippen molar-refractivity contribution in [2.75, 3.05) is 0 Å². The van der Waals surface area contributed by atoms with Crippen LogP contribution in [0.15, 0.2) is 17.9 Å². The number of aliphatic hydroxyl groups is 1. The molecular weight excluding hydrogens is 270 g/mol. The van der Waals surface area contributed by atoms with E-state index in [9.17, 15) is 5.11 Å². The molecule has 0 aromatic carbocycles. The van der Waals surface area contributed by atoms with Gasteiger partial charge in [-0.15, -0.1) is 11.3 Å². The van der Waals surface area contributed by atoms with Crippen LogP contribution in [0, 0.1) is 0 Å². The van der Waals surface area contributed by atoms with Crippen LogP contribution in [0.1, 0.15) is 62.2 Å². The molecule has 0 aliphatic heterocycles. The molecule has 20 heavy (non-hydrogen) atoms. The largest absolute Gasteiger partial charge is 0.386 e. The lowest BCUT2D eigenvalue weighted by Crippen LogP contribution is -2.12. The molecule has 1 atom stereocenters. The molecule has 5 heteroatoms. The highest BCUT2D eigenvalue weighted by Gasteiger charge is 2.28. The van der Waals surface area contributed by atoms with E-state index in [-0.39, 0.29) is 5.41 Å². The summed E-state index contributed by atoms with van der Waals surface area (Å²) in [5, 5.41) is 13.5. The zero-order valence-corrected chi connectivity index (χ0v) is 13.0. The van der Waals surface area contributed by atoms with Gasteiger partial charge in [-0.3, -0.25) is 0 Å². The van der Waals surface area contributed by atoms with Crippen LogP contribution in [-0.4, -0.2) is 19.6 Å². The van der Waals surface area contributed by atoms with Crippen molar-refractivity contribution in [1.29, 1.82) is 0 Å². The third-order valence-corrected chi connectivity index (χ3v) is 4.54. The molecule has 1 fully saturated rings. The van der Waals surface area contributed by atoms with E-state index in [1.807, 2.05) is 6.33 Å². The van der Waals surface area contributed by atoms with Gasteiger partial charge in [-0.25, -0.2) is 9.97 Å². The van der Waals surface area contributed by atoms with Crippen LogP contribution in [0.4, 0.5) is 0 Å². The van der Waals surface area contributed by atoms with E-state index in [2.05, 4.69) is 40.7 Å². The van der Waals surface area contributed by atoms with Crippen LogP contribution in [0.3, 0.4) is 0 Å². The number of aliphatic hydroxyl groups excluding tert-OH is 1. The van der Waals surface area contributed by atoms with Crippen molar-refractivity contribution in [1.82, 2.24) is 14.5 Å². The second-order valence-electron chi connectivity index (χ2n) is 6.55. The minimum absolute atomic E-state index is 0.0650. The van der Waals surface area contributed by atoms with Crippen molar-refractivity contribution in [3.05, 3.63) is 34.3 Å². The minimum atomic E-state index is -0.517. The molecule has 1 aliphatic rings. The van der Waals surface area contributed by atoms with E-state index < -0.39 is 6.10 Å². The summed E-state index contributed by atoms with van der Waals surface area (Å²) in [6.45, 7) is 6.47. The molecule has 2 heterocycles. The summed E-state index contributed by atoms with van der Waals surface area (Å²) in [5.41, 5.74) is 2.08. The van der Waals surface area contributed by atoms with Crippen LogP contribution >= 0.6 is 11.3 Å². The number of thiazole rings is 1. The van der Waals surface area contributed by atoms with E-state index in [1.165, 1.54) is 12.8 Å². The molecule has 108 valence electrons. The highest BCUT2D eigenvalue weighted by atomic mass is 32.1. The second kappa shape index (κ2) is 4.97. The normalized spacial score (nSPS) is 17.4. The van der Waals surface area contributed by atoms with Gasteiger partial charge in [-0.2, -0.15) is 0 Å². The summed E-state index contributed by atoms with van der Waals surface area (Å²) >= 11 is 1.63. The maximum atomic E-state index is 10.4. The van der Waals surface area contributed by atoms with E-state index >= 15 is 0 Å². The topological polar surface area (TPSA) is 50.9 Å². The average Bonchev–Trinajstić information content (AvgIpc) is 2.91. The number of aromatic nitrogens is 3. The van der Waals surface area contributed by atoms with Crippen molar-refractivity contribution in [2.45, 2.75) is 57.6 Å². The van der Waals surface area contributed by atoms with Crippen LogP contribution in [0.25, 0.3) is 0 Å². The predicted molar refractivity (Wildman–Crippen MR) is 80.0 cm³/mol. The number of rotatable bonds is 4. The Bertz CT molecular complexity index is 592. The molecule has 0 saturated heterocycles. The maximum absolute atomic E-state index is 10.4. The highest BCUT2D eigenvalue weighted by molar-refractivity contribution is 7.09. The summed E-state index contributed by atoms with van der Waals surface area (Å²) in [4.78, 5) is 8.83. The van der Waals surface area contributed by atoms with Gasteiger partial charge in [0.25, 0.3) is 0 Å². The minimum Gasteiger partial charge on any atom is -0.386 e. The Morgan fingerprint density at radius 1 is 1.45 bits per heavy atom. The molecule has 0 radical (unpaired) electrons. The zero-order valence-electron chi connectivity index (χ0n) is 12.2. The van der Waals surface area contributed by atoms with Gasteiger partial charge in [-0.05, 0) is 12.8 Å². The Morgan fingerprint density at radius 2 is 2.20 bits per heavy atom. The van der Waals surface area contributed by atoms with Gasteiger partial charge in [0.15, 0.2) is 0 Å². The zero-order chi connectivity index (χ0) is 14.3. The Hall–Kier alpha value is -1.20. The quantitative estimate of drug-likeness (QED) is 0.940. The molecule has 3 rings (SSSR count). The Kier molecular flexibility index (Phi) is 3.42. The van der Waals surface area contributed by atoms with Gasteiger partial charge < -0.3 is 9.67 Å². The molecule has 0 spiro atoms. The van der Waals surface area contributed by atoms with Crippen LogP contribution in [0.2, 0.25) is 0 Å². The first kappa shape index (κ1) is 13.8. The van der Waals surface area contributed by atoms with Crippen LogP contribution in [-0.2, 0) is 11.8 Å². The number of hydrogen-bond donors (Lipinski definition) is 1. The third-order valence-electron chi connectivity index (χ3n) is 3.67. The lowest BCUT2D eigenvalue weighted by molar-refractivity contribution is 0.168. The van der Waals surface area contributed by atoms with Crippen molar-refractivity contribution in [2.24, 2.45) is 0 Å². The van der Waals surface area contributed by atoms with Gasteiger partial charge >= 0.3 is 0 Å². The molecule has 0 bridgehead atoms. The van der Waals surface area contributed by atoms with E-state index in [1.54, 1.807) is 17.5 Å². The molecule has 1 unspecified atom stereocenters. The lowest BCUT2D eigenvalue weighted by atomic mass is 9.93. The average molecular weight is 291 g/mol. The predicted octanol–water partition coefficient (Wildman–Crippen LogP) is 3.25. The molecule has 2 aromatic heterocycles. The van der Waals surface area contributed by atoms with Gasteiger partial charge in [0.05, 0.1) is 28.9 Å². The van der Waals surface area contributed by atoms with E-state index in [0.717, 1.165) is 16.4 Å². The fourth-order valence-electron chi connectivity index (χ4n) is 2.25. The molecule has 4 nitrogen and oxygen atoms in total. The standard InChI is InChI=1S/C15H21N3OS/c1-15(2,3)13-8-20-14(17-13)6-12(19)11-7-16-9-18(11)10-4-5-10/h7-10,12,19H,4-6H2,1-3H3. The SMILES string of the molecule is CC(C)(C)c1csc(CC(O)c2cncn2C2CC2)n1. The molecular formula is C15H21N3OS. The molecule has 0 amide bonds. The summed E-state index contributed by atoms with van der Waals surface area (Å²) in [7, 11) is 0. The number of nitrogens with zero attached hydrogens (tertiary/aromatic N) is 3. The van der Waals surface area contributed by atoms with E-state index in [4.69, 9.17) is 0 Å². The smallest absolute Gasteiger partial charge is 0.102 e. The third kappa shape index (κ3) is 2.79. The van der Waals surface area contributed by atoms with Gasteiger partial charge in [-0.1, -0.05) is 20.8 Å². The maximum Gasteiger partial charge on any atom is 0.102 e. The monoisotopic (exact) mass is 291 g/mol. The fourth-order valence-corrected chi connectivity index (χ4v) is 3.31. The summed E-state index contributed by atoms with van der Waals surface area (Å²) < 4.78 is 2.11. The van der Waals surface area contributed by atoms with Gasteiger partial charge in [0.1, 0.15) is 6.10 Å². The fraction of sp³-hybridized carbons (Fsp3) is 0.600. The molecule has 1 saturated carbocycles. The van der Waals surface area contributed by atoms with Crippen LogP contribution in [0.5, 0.6) is 0 Å². The Labute approximate surface area is 123 Å². The summed E-state index contributed by atoms with van der Waals surface area (Å²) in [5.74, 6) is 0. The second-order valence-corrected chi connectivity index (χ2v) is 7.50. The van der Waals surface area contributed by atoms with Crippen molar-refractivity contribution >= 4 is 11.3 Å². The Morgan fingerprint density at radius 3 is 2.80 bits per heavy atom. The van der Waals surface area contributed by atoms with Gasteiger partial charge in [0.2, 0.25) is 0 Å². The van der Waals surface area contributed by atoms with Crippen molar-refractivity contribution in [3.63, 3.8) is 0 Å².